The minimum atomic E-state index is -0.297. The van der Waals surface area contributed by atoms with Gasteiger partial charge >= 0.3 is 0 Å². The van der Waals surface area contributed by atoms with E-state index in [0.29, 0.717) is 5.65 Å². The normalized spacial score (nSPS) is 10.7. The molecule has 4 nitrogen and oxygen atoms in total. The van der Waals surface area contributed by atoms with E-state index in [9.17, 15) is 4.39 Å². The molecule has 128 valence electrons. The summed E-state index contributed by atoms with van der Waals surface area (Å²) in [5.41, 5.74) is 5.34. The fourth-order valence-corrected chi connectivity index (χ4v) is 3.36. The fourth-order valence-electron chi connectivity index (χ4n) is 2.65. The molecule has 1 N–H and O–H groups in total. The fraction of sp³-hybridized carbons (Fsp3) is 0.111. The van der Waals surface area contributed by atoms with Gasteiger partial charge in [-0.3, -0.25) is 4.40 Å². The van der Waals surface area contributed by atoms with Crippen molar-refractivity contribution in [2.75, 3.05) is 5.32 Å². The topological polar surface area (TPSA) is 42.2 Å². The molecular weight excluding hydrogens is 403 g/mol. The third kappa shape index (κ3) is 3.43. The molecule has 4 rings (SSSR count). The lowest BCUT2D eigenvalue weighted by Crippen LogP contribution is -1.93. The molecule has 0 amide bonds. The Balaban J connectivity index is 0.00000182. The van der Waals surface area contributed by atoms with Crippen molar-refractivity contribution in [3.05, 3.63) is 65.0 Å². The number of fused-ring (bicyclic) bond motifs is 1. The predicted molar refractivity (Wildman–Crippen MR) is 106 cm³/mol. The standard InChI is InChI=1S/C18H15FN4S.BrH/c1-11-3-6-14(7-4-11)21-18-22-15(10-24-18)17-12(2)20-16-8-5-13(19)9-23(16)17;/h3-10H,1-2H3,(H,21,22);1H. The summed E-state index contributed by atoms with van der Waals surface area (Å²) in [6.45, 7) is 3.96. The Morgan fingerprint density at radius 2 is 1.80 bits per heavy atom. The third-order valence-corrected chi connectivity index (χ3v) is 4.56. The maximum atomic E-state index is 13.6. The van der Waals surface area contributed by atoms with Crippen LogP contribution in [0.4, 0.5) is 15.2 Å². The van der Waals surface area contributed by atoms with E-state index in [2.05, 4.69) is 22.2 Å². The molecule has 0 aliphatic rings. The number of nitrogens with zero attached hydrogens (tertiary/aromatic N) is 3. The molecule has 0 bridgehead atoms. The largest absolute Gasteiger partial charge is 0.332 e. The zero-order valence-electron chi connectivity index (χ0n) is 13.7. The monoisotopic (exact) mass is 418 g/mol. The van der Waals surface area contributed by atoms with Crippen LogP contribution in [0.25, 0.3) is 17.0 Å². The van der Waals surface area contributed by atoms with Gasteiger partial charge in [-0.1, -0.05) is 17.7 Å². The van der Waals surface area contributed by atoms with E-state index in [1.165, 1.54) is 29.2 Å². The summed E-state index contributed by atoms with van der Waals surface area (Å²) >= 11 is 1.51. The molecule has 3 heterocycles. The zero-order valence-corrected chi connectivity index (χ0v) is 16.2. The maximum absolute atomic E-state index is 13.6. The first kappa shape index (κ1) is 17.6. The zero-order chi connectivity index (χ0) is 16.7. The highest BCUT2D eigenvalue weighted by Crippen LogP contribution is 2.30. The van der Waals surface area contributed by atoms with Crippen molar-refractivity contribution in [3.63, 3.8) is 0 Å². The van der Waals surface area contributed by atoms with Crippen molar-refractivity contribution >= 4 is 44.8 Å². The van der Waals surface area contributed by atoms with Crippen LogP contribution in [0.15, 0.2) is 48.0 Å². The smallest absolute Gasteiger partial charge is 0.187 e. The Morgan fingerprint density at radius 3 is 2.56 bits per heavy atom. The Morgan fingerprint density at radius 1 is 1.04 bits per heavy atom. The van der Waals surface area contributed by atoms with Gasteiger partial charge in [0.15, 0.2) is 5.13 Å². The molecular formula is C18H16BrFN4S. The van der Waals surface area contributed by atoms with Crippen LogP contribution in [-0.2, 0) is 0 Å². The number of rotatable bonds is 3. The quantitative estimate of drug-likeness (QED) is 0.475. The van der Waals surface area contributed by atoms with E-state index in [0.717, 1.165) is 27.9 Å². The van der Waals surface area contributed by atoms with Crippen molar-refractivity contribution in [3.8, 4) is 11.4 Å². The van der Waals surface area contributed by atoms with Crippen molar-refractivity contribution in [2.24, 2.45) is 0 Å². The molecule has 4 aromatic rings. The first-order valence-electron chi connectivity index (χ1n) is 7.54. The molecule has 0 spiro atoms. The summed E-state index contributed by atoms with van der Waals surface area (Å²) in [4.78, 5) is 9.11. The number of nitrogens with one attached hydrogen (secondary N) is 1. The van der Waals surface area contributed by atoms with Gasteiger partial charge in [0, 0.05) is 17.3 Å². The second-order valence-electron chi connectivity index (χ2n) is 5.65. The van der Waals surface area contributed by atoms with Gasteiger partial charge in [-0.05, 0) is 38.1 Å². The van der Waals surface area contributed by atoms with Crippen LogP contribution >= 0.6 is 28.3 Å². The first-order chi connectivity index (χ1) is 11.6. The average Bonchev–Trinajstić information content (AvgIpc) is 3.12. The van der Waals surface area contributed by atoms with Crippen LogP contribution in [0.3, 0.4) is 0 Å². The molecule has 0 atom stereocenters. The van der Waals surface area contributed by atoms with Crippen LogP contribution in [0.5, 0.6) is 0 Å². The molecule has 0 aliphatic carbocycles. The highest BCUT2D eigenvalue weighted by Gasteiger charge is 2.14. The van der Waals surface area contributed by atoms with Gasteiger partial charge in [0.05, 0.1) is 11.4 Å². The molecule has 0 aliphatic heterocycles. The molecule has 1 aromatic carbocycles. The van der Waals surface area contributed by atoms with E-state index in [4.69, 9.17) is 0 Å². The summed E-state index contributed by atoms with van der Waals surface area (Å²) in [6, 6.07) is 11.2. The third-order valence-electron chi connectivity index (χ3n) is 3.81. The van der Waals surface area contributed by atoms with Gasteiger partial charge in [-0.15, -0.1) is 28.3 Å². The van der Waals surface area contributed by atoms with E-state index in [1.54, 1.807) is 10.5 Å². The van der Waals surface area contributed by atoms with E-state index >= 15 is 0 Å². The molecule has 0 radical (unpaired) electrons. The van der Waals surface area contributed by atoms with E-state index in [1.807, 2.05) is 36.6 Å². The molecule has 25 heavy (non-hydrogen) atoms. The van der Waals surface area contributed by atoms with Gasteiger partial charge in [-0.2, -0.15) is 0 Å². The van der Waals surface area contributed by atoms with Gasteiger partial charge in [0.2, 0.25) is 0 Å². The van der Waals surface area contributed by atoms with Crippen LogP contribution < -0.4 is 5.32 Å². The van der Waals surface area contributed by atoms with Crippen LogP contribution in [0, 0.1) is 19.7 Å². The number of halogens is 2. The van der Waals surface area contributed by atoms with Crippen LogP contribution in [-0.4, -0.2) is 14.4 Å². The molecule has 0 saturated heterocycles. The van der Waals surface area contributed by atoms with Gasteiger partial charge < -0.3 is 5.32 Å². The number of imidazole rings is 1. The van der Waals surface area contributed by atoms with E-state index < -0.39 is 0 Å². The van der Waals surface area contributed by atoms with Gasteiger partial charge in [-0.25, -0.2) is 14.4 Å². The van der Waals surface area contributed by atoms with E-state index in [-0.39, 0.29) is 22.8 Å². The lowest BCUT2D eigenvalue weighted by atomic mass is 10.2. The highest BCUT2D eigenvalue weighted by atomic mass is 79.9. The summed E-state index contributed by atoms with van der Waals surface area (Å²) in [5.74, 6) is -0.297. The maximum Gasteiger partial charge on any atom is 0.187 e. The minimum absolute atomic E-state index is 0. The lowest BCUT2D eigenvalue weighted by molar-refractivity contribution is 0.619. The summed E-state index contributed by atoms with van der Waals surface area (Å²) in [7, 11) is 0. The number of thiazole rings is 1. The first-order valence-corrected chi connectivity index (χ1v) is 8.42. The Bertz CT molecular complexity index is 1020. The van der Waals surface area contributed by atoms with Crippen LogP contribution in [0.2, 0.25) is 0 Å². The average molecular weight is 419 g/mol. The Kier molecular flexibility index (Phi) is 4.87. The van der Waals surface area contributed by atoms with Gasteiger partial charge in [0.1, 0.15) is 17.2 Å². The molecule has 3 aromatic heterocycles. The number of anilines is 2. The predicted octanol–water partition coefficient (Wildman–Crippen LogP) is 5.54. The second kappa shape index (κ2) is 6.93. The SMILES string of the molecule is Br.Cc1ccc(Nc2nc(-c3c(C)nc4ccc(F)cn34)cs2)cc1. The number of pyridine rings is 1. The summed E-state index contributed by atoms with van der Waals surface area (Å²) in [6.07, 6.45) is 1.44. The summed E-state index contributed by atoms with van der Waals surface area (Å²) < 4.78 is 15.3. The number of aromatic nitrogens is 3. The minimum Gasteiger partial charge on any atom is -0.332 e. The Labute approximate surface area is 159 Å². The molecule has 0 fully saturated rings. The molecule has 0 unspecified atom stereocenters. The lowest BCUT2D eigenvalue weighted by Gasteiger charge is -2.03. The number of hydrogen-bond acceptors (Lipinski definition) is 4. The van der Waals surface area contributed by atoms with Crippen molar-refractivity contribution in [2.45, 2.75) is 13.8 Å². The van der Waals surface area contributed by atoms with Crippen molar-refractivity contribution in [1.82, 2.24) is 14.4 Å². The highest BCUT2D eigenvalue weighted by molar-refractivity contribution is 8.93. The summed E-state index contributed by atoms with van der Waals surface area (Å²) in [5, 5.41) is 6.04. The van der Waals surface area contributed by atoms with Crippen molar-refractivity contribution in [1.29, 1.82) is 0 Å². The number of benzene rings is 1. The molecule has 0 saturated carbocycles. The Hall–Kier alpha value is -2.25. The van der Waals surface area contributed by atoms with Gasteiger partial charge in [0.25, 0.3) is 0 Å². The van der Waals surface area contributed by atoms with Crippen LogP contribution in [0.1, 0.15) is 11.3 Å². The number of aryl methyl sites for hydroxylation is 2. The molecule has 7 heteroatoms. The number of hydrogen-bond donors (Lipinski definition) is 1. The second-order valence-corrected chi connectivity index (χ2v) is 6.51. The van der Waals surface area contributed by atoms with Crippen molar-refractivity contribution < 1.29 is 4.39 Å².